The molecule has 1 unspecified atom stereocenters. The van der Waals surface area contributed by atoms with Crippen LogP contribution in [0.1, 0.15) is 17.9 Å². The maximum atomic E-state index is 13.1. The van der Waals surface area contributed by atoms with Crippen LogP contribution >= 0.6 is 11.6 Å². The van der Waals surface area contributed by atoms with Crippen molar-refractivity contribution in [3.63, 3.8) is 0 Å². The highest BCUT2D eigenvalue weighted by Crippen LogP contribution is 2.24. The minimum atomic E-state index is -1.07. The third-order valence-corrected chi connectivity index (χ3v) is 2.09. The second-order valence-corrected chi connectivity index (χ2v) is 3.07. The number of carbonyl (C=O) groups excluding carboxylic acids is 1. The molecule has 2 nitrogen and oxygen atoms in total. The number of alkyl halides is 1. The molecule has 0 aliphatic carbocycles. The quantitative estimate of drug-likeness (QED) is 0.574. The van der Waals surface area contributed by atoms with E-state index in [-0.39, 0.29) is 12.2 Å². The molecule has 76 valence electrons. The Morgan fingerprint density at radius 3 is 2.79 bits per heavy atom. The number of benzene rings is 1. The van der Waals surface area contributed by atoms with Crippen LogP contribution in [0.3, 0.4) is 0 Å². The highest BCUT2D eigenvalue weighted by molar-refractivity contribution is 6.29. The van der Waals surface area contributed by atoms with E-state index in [0.29, 0.717) is 0 Å². The SMILES string of the molecule is CCOC(=O)C(Cl)c1ccccc1F. The summed E-state index contributed by atoms with van der Waals surface area (Å²) >= 11 is 5.73. The largest absolute Gasteiger partial charge is 0.465 e. The third kappa shape index (κ3) is 2.45. The summed E-state index contributed by atoms with van der Waals surface area (Å²) in [6.45, 7) is 1.90. The van der Waals surface area contributed by atoms with Crippen molar-refractivity contribution in [2.45, 2.75) is 12.3 Å². The molecule has 4 heteroatoms. The predicted octanol–water partition coefficient (Wildman–Crippen LogP) is 2.67. The minimum absolute atomic E-state index is 0.146. The third-order valence-electron chi connectivity index (χ3n) is 1.67. The Labute approximate surface area is 86.6 Å². The zero-order chi connectivity index (χ0) is 10.6. The molecule has 0 aliphatic rings. The number of ether oxygens (including phenoxy) is 1. The molecule has 0 bridgehead atoms. The Bertz CT molecular complexity index is 328. The van der Waals surface area contributed by atoms with Gasteiger partial charge in [-0.05, 0) is 13.0 Å². The van der Waals surface area contributed by atoms with Crippen molar-refractivity contribution in [2.75, 3.05) is 6.61 Å². The van der Waals surface area contributed by atoms with Gasteiger partial charge in [0.25, 0.3) is 0 Å². The molecule has 0 N–H and O–H groups in total. The highest BCUT2D eigenvalue weighted by atomic mass is 35.5. The van der Waals surface area contributed by atoms with Gasteiger partial charge >= 0.3 is 5.97 Å². The standard InChI is InChI=1S/C10H10ClFO2/c1-2-14-10(13)9(11)7-5-3-4-6-8(7)12/h3-6,9H,2H2,1H3. The first-order valence-corrected chi connectivity index (χ1v) is 4.65. The number of carbonyl (C=O) groups is 1. The fourth-order valence-corrected chi connectivity index (χ4v) is 1.26. The topological polar surface area (TPSA) is 26.3 Å². The van der Waals surface area contributed by atoms with Gasteiger partial charge in [0.15, 0.2) is 5.38 Å². The summed E-state index contributed by atoms with van der Waals surface area (Å²) in [5.41, 5.74) is 0.146. The molecule has 0 radical (unpaired) electrons. The van der Waals surface area contributed by atoms with Crippen LogP contribution in [0.5, 0.6) is 0 Å². The molecule has 1 aromatic carbocycles. The van der Waals surface area contributed by atoms with Crippen molar-refractivity contribution in [3.8, 4) is 0 Å². The van der Waals surface area contributed by atoms with E-state index in [9.17, 15) is 9.18 Å². The first kappa shape index (κ1) is 11.0. The van der Waals surface area contributed by atoms with E-state index < -0.39 is 17.2 Å². The molecule has 0 saturated heterocycles. The number of hydrogen-bond acceptors (Lipinski definition) is 2. The smallest absolute Gasteiger partial charge is 0.328 e. The van der Waals surface area contributed by atoms with E-state index in [2.05, 4.69) is 4.74 Å². The lowest BCUT2D eigenvalue weighted by Crippen LogP contribution is -2.12. The molecule has 0 spiro atoms. The number of rotatable bonds is 3. The summed E-state index contributed by atoms with van der Waals surface area (Å²) in [6, 6.07) is 5.87. The zero-order valence-electron chi connectivity index (χ0n) is 7.67. The van der Waals surface area contributed by atoms with Crippen LogP contribution in [0, 0.1) is 5.82 Å². The van der Waals surface area contributed by atoms with Gasteiger partial charge in [-0.25, -0.2) is 4.39 Å². The van der Waals surface area contributed by atoms with Crippen molar-refractivity contribution >= 4 is 17.6 Å². The highest BCUT2D eigenvalue weighted by Gasteiger charge is 2.21. The zero-order valence-corrected chi connectivity index (χ0v) is 8.42. The van der Waals surface area contributed by atoms with Crippen LogP contribution in [0.15, 0.2) is 24.3 Å². The van der Waals surface area contributed by atoms with Crippen molar-refractivity contribution in [3.05, 3.63) is 35.6 Å². The molecule has 1 aromatic rings. The minimum Gasteiger partial charge on any atom is -0.465 e. The lowest BCUT2D eigenvalue weighted by atomic mass is 10.1. The lowest BCUT2D eigenvalue weighted by molar-refractivity contribution is -0.142. The van der Waals surface area contributed by atoms with Gasteiger partial charge in [-0.1, -0.05) is 18.2 Å². The second-order valence-electron chi connectivity index (χ2n) is 2.64. The lowest BCUT2D eigenvalue weighted by Gasteiger charge is -2.09. The molecule has 0 saturated carbocycles. The van der Waals surface area contributed by atoms with Gasteiger partial charge in [-0.2, -0.15) is 0 Å². The van der Waals surface area contributed by atoms with E-state index in [4.69, 9.17) is 11.6 Å². The van der Waals surface area contributed by atoms with Crippen LogP contribution < -0.4 is 0 Å². The fraction of sp³-hybridized carbons (Fsp3) is 0.300. The fourth-order valence-electron chi connectivity index (χ4n) is 1.02. The molecule has 0 fully saturated rings. The first-order valence-electron chi connectivity index (χ1n) is 4.22. The van der Waals surface area contributed by atoms with E-state index in [0.717, 1.165) is 0 Å². The average molecular weight is 217 g/mol. The van der Waals surface area contributed by atoms with Crippen LogP contribution in [0.4, 0.5) is 4.39 Å². The Morgan fingerprint density at radius 1 is 1.57 bits per heavy atom. The van der Waals surface area contributed by atoms with E-state index >= 15 is 0 Å². The first-order chi connectivity index (χ1) is 6.66. The Morgan fingerprint density at radius 2 is 2.21 bits per heavy atom. The van der Waals surface area contributed by atoms with E-state index in [1.807, 2.05) is 0 Å². The average Bonchev–Trinajstić information content (AvgIpc) is 2.18. The Hall–Kier alpha value is -1.09. The molecule has 1 atom stereocenters. The van der Waals surface area contributed by atoms with Crippen molar-refractivity contribution in [1.82, 2.24) is 0 Å². The molecule has 0 aromatic heterocycles. The van der Waals surface area contributed by atoms with Crippen molar-refractivity contribution in [2.24, 2.45) is 0 Å². The maximum Gasteiger partial charge on any atom is 0.328 e. The van der Waals surface area contributed by atoms with Gasteiger partial charge < -0.3 is 4.74 Å². The number of hydrogen-bond donors (Lipinski definition) is 0. The molecule has 0 heterocycles. The summed E-state index contributed by atoms with van der Waals surface area (Å²) in [5, 5.41) is -1.07. The Balaban J connectivity index is 2.84. The van der Waals surface area contributed by atoms with Crippen molar-refractivity contribution in [1.29, 1.82) is 0 Å². The molecular weight excluding hydrogens is 207 g/mol. The Kier molecular flexibility index (Phi) is 3.89. The summed E-state index contributed by atoms with van der Waals surface area (Å²) in [7, 11) is 0. The molecule has 1 rings (SSSR count). The molecule has 0 aliphatic heterocycles. The number of esters is 1. The van der Waals surface area contributed by atoms with Crippen LogP contribution in [0.25, 0.3) is 0 Å². The predicted molar refractivity (Wildman–Crippen MR) is 51.6 cm³/mol. The van der Waals surface area contributed by atoms with Crippen LogP contribution in [-0.2, 0) is 9.53 Å². The van der Waals surface area contributed by atoms with Gasteiger partial charge in [0, 0.05) is 5.56 Å². The second kappa shape index (κ2) is 4.96. The molecule has 14 heavy (non-hydrogen) atoms. The van der Waals surface area contributed by atoms with Gasteiger partial charge in [0.2, 0.25) is 0 Å². The number of halogens is 2. The molecule has 0 amide bonds. The summed E-state index contributed by atoms with van der Waals surface area (Å²) in [4.78, 5) is 11.2. The summed E-state index contributed by atoms with van der Waals surface area (Å²) < 4.78 is 17.8. The van der Waals surface area contributed by atoms with Gasteiger partial charge in [-0.3, -0.25) is 4.79 Å². The van der Waals surface area contributed by atoms with Crippen LogP contribution in [-0.4, -0.2) is 12.6 Å². The van der Waals surface area contributed by atoms with Crippen molar-refractivity contribution < 1.29 is 13.9 Å². The van der Waals surface area contributed by atoms with Gasteiger partial charge in [0.1, 0.15) is 5.82 Å². The monoisotopic (exact) mass is 216 g/mol. The van der Waals surface area contributed by atoms with Gasteiger partial charge in [-0.15, -0.1) is 11.6 Å². The van der Waals surface area contributed by atoms with Crippen LogP contribution in [0.2, 0.25) is 0 Å². The van der Waals surface area contributed by atoms with Gasteiger partial charge in [0.05, 0.1) is 6.61 Å². The normalized spacial score (nSPS) is 12.2. The maximum absolute atomic E-state index is 13.1. The van der Waals surface area contributed by atoms with E-state index in [1.54, 1.807) is 13.0 Å². The molecular formula is C10H10ClFO2. The summed E-state index contributed by atoms with van der Waals surface area (Å²) in [6.07, 6.45) is 0. The summed E-state index contributed by atoms with van der Waals surface area (Å²) in [5.74, 6) is -1.13. The van der Waals surface area contributed by atoms with E-state index in [1.165, 1.54) is 18.2 Å².